The van der Waals surface area contributed by atoms with Gasteiger partial charge >= 0.3 is 11.8 Å². The van der Waals surface area contributed by atoms with Gasteiger partial charge in [-0.2, -0.15) is 5.10 Å². The molecule has 0 unspecified atom stereocenters. The summed E-state index contributed by atoms with van der Waals surface area (Å²) < 4.78 is 0. The molecule has 3 rings (SSSR count). The molecule has 3 aromatic rings. The van der Waals surface area contributed by atoms with Gasteiger partial charge in [0.25, 0.3) is 0 Å². The van der Waals surface area contributed by atoms with E-state index < -0.39 is 11.8 Å². The molecular formula is C25H25N5O3. The molecule has 0 radical (unpaired) electrons. The molecule has 0 saturated carbocycles. The largest absolute Gasteiger partial charge is 0.356 e. The number of nitrogens with zero attached hydrogens (tertiary/aromatic N) is 1. The quantitative estimate of drug-likeness (QED) is 0.242. The number of benzene rings is 3. The topological polar surface area (TPSA) is 112 Å². The normalized spacial score (nSPS) is 10.8. The lowest BCUT2D eigenvalue weighted by Gasteiger charge is -2.09. The van der Waals surface area contributed by atoms with Crippen molar-refractivity contribution >= 4 is 40.5 Å². The minimum absolute atomic E-state index is 0.0318. The lowest BCUT2D eigenvalue weighted by molar-refractivity contribution is -0.139. The third kappa shape index (κ3) is 7.95. The van der Waals surface area contributed by atoms with Crippen molar-refractivity contribution < 1.29 is 14.4 Å². The fourth-order valence-electron chi connectivity index (χ4n) is 2.86. The van der Waals surface area contributed by atoms with Gasteiger partial charge in [0.05, 0.1) is 6.42 Å². The highest BCUT2D eigenvalue weighted by Gasteiger charge is 2.13. The van der Waals surface area contributed by atoms with E-state index in [4.69, 9.17) is 0 Å². The van der Waals surface area contributed by atoms with E-state index in [1.165, 1.54) is 0 Å². The first-order valence-electron chi connectivity index (χ1n) is 10.4. The number of hydrogen-bond acceptors (Lipinski definition) is 5. The first kappa shape index (κ1) is 23.2. The first-order valence-corrected chi connectivity index (χ1v) is 10.4. The number of hydrogen-bond donors (Lipinski definition) is 4. The third-order valence-electron chi connectivity index (χ3n) is 4.50. The van der Waals surface area contributed by atoms with Crippen LogP contribution in [-0.2, 0) is 20.9 Å². The summed E-state index contributed by atoms with van der Waals surface area (Å²) >= 11 is 0. The highest BCUT2D eigenvalue weighted by Crippen LogP contribution is 2.18. The van der Waals surface area contributed by atoms with Crippen molar-refractivity contribution in [1.29, 1.82) is 0 Å². The summed E-state index contributed by atoms with van der Waals surface area (Å²) in [7, 11) is 0. The third-order valence-corrected chi connectivity index (χ3v) is 4.50. The molecule has 0 aliphatic heterocycles. The van der Waals surface area contributed by atoms with E-state index in [0.29, 0.717) is 11.4 Å². The molecule has 0 heterocycles. The molecular weight excluding hydrogens is 418 g/mol. The number of nitrogens with one attached hydrogen (secondary N) is 4. The SMILES string of the molecule is CC(CC(=O)Nc1ccc(Nc2ccccc2)cc1)=NNC(=O)C(=O)NCc1ccccc1. The fraction of sp³-hybridized carbons (Fsp3) is 0.120. The Morgan fingerprint density at radius 3 is 1.97 bits per heavy atom. The van der Waals surface area contributed by atoms with E-state index in [1.807, 2.05) is 72.8 Å². The second kappa shape index (κ2) is 11.8. The Kier molecular flexibility index (Phi) is 8.30. The number of para-hydroxylation sites is 1. The van der Waals surface area contributed by atoms with E-state index in [0.717, 1.165) is 16.9 Å². The summed E-state index contributed by atoms with van der Waals surface area (Å²) in [6.07, 6.45) is -0.0318. The second-order valence-electron chi connectivity index (χ2n) is 7.25. The maximum atomic E-state index is 12.2. The van der Waals surface area contributed by atoms with Crippen LogP contribution in [0.2, 0.25) is 0 Å². The van der Waals surface area contributed by atoms with Gasteiger partial charge in [-0.05, 0) is 48.9 Å². The van der Waals surface area contributed by atoms with E-state index in [9.17, 15) is 14.4 Å². The number of rotatable bonds is 8. The van der Waals surface area contributed by atoms with E-state index in [1.54, 1.807) is 19.1 Å². The minimum atomic E-state index is -0.896. The Morgan fingerprint density at radius 1 is 0.727 bits per heavy atom. The maximum Gasteiger partial charge on any atom is 0.329 e. The van der Waals surface area contributed by atoms with Gasteiger partial charge in [0.15, 0.2) is 0 Å². The van der Waals surface area contributed by atoms with E-state index in [2.05, 4.69) is 26.5 Å². The van der Waals surface area contributed by atoms with Gasteiger partial charge in [0.1, 0.15) is 0 Å². The molecule has 3 amide bonds. The standard InChI is InChI=1S/C25H25N5O3/c1-18(29-30-25(33)24(32)26-17-19-8-4-2-5-9-19)16-23(31)28-22-14-12-21(13-15-22)27-20-10-6-3-7-11-20/h2-15,27H,16-17H2,1H3,(H,26,32)(H,28,31)(H,30,33). The zero-order chi connectivity index (χ0) is 23.5. The summed E-state index contributed by atoms with van der Waals surface area (Å²) in [5.74, 6) is -1.99. The Labute approximate surface area is 192 Å². The lowest BCUT2D eigenvalue weighted by Crippen LogP contribution is -2.37. The summed E-state index contributed by atoms with van der Waals surface area (Å²) in [5.41, 5.74) is 5.90. The summed E-state index contributed by atoms with van der Waals surface area (Å²) in [4.78, 5) is 36.0. The average Bonchev–Trinajstić information content (AvgIpc) is 2.83. The van der Waals surface area contributed by atoms with Crippen molar-refractivity contribution in [2.24, 2.45) is 5.10 Å². The van der Waals surface area contributed by atoms with Crippen LogP contribution in [0.25, 0.3) is 0 Å². The predicted molar refractivity (Wildman–Crippen MR) is 129 cm³/mol. The van der Waals surface area contributed by atoms with Crippen LogP contribution in [0.4, 0.5) is 17.1 Å². The van der Waals surface area contributed by atoms with Crippen LogP contribution >= 0.6 is 0 Å². The van der Waals surface area contributed by atoms with Crippen LogP contribution in [0.1, 0.15) is 18.9 Å². The van der Waals surface area contributed by atoms with Crippen LogP contribution in [0.3, 0.4) is 0 Å². The summed E-state index contributed by atoms with van der Waals surface area (Å²) in [6, 6.07) is 26.3. The van der Waals surface area contributed by atoms with Crippen LogP contribution in [0, 0.1) is 0 Å². The number of carbonyl (C=O) groups is 3. The van der Waals surface area contributed by atoms with Crippen molar-refractivity contribution in [1.82, 2.24) is 10.7 Å². The lowest BCUT2D eigenvalue weighted by atomic mass is 10.2. The van der Waals surface area contributed by atoms with Gasteiger partial charge in [-0.1, -0.05) is 48.5 Å². The van der Waals surface area contributed by atoms with Crippen molar-refractivity contribution in [2.45, 2.75) is 19.9 Å². The number of carbonyl (C=O) groups excluding carboxylic acids is 3. The molecule has 4 N–H and O–H groups in total. The number of amides is 3. The van der Waals surface area contributed by atoms with Crippen LogP contribution < -0.4 is 21.4 Å². The fourth-order valence-corrected chi connectivity index (χ4v) is 2.86. The Bertz CT molecular complexity index is 1110. The Balaban J connectivity index is 1.41. The smallest absolute Gasteiger partial charge is 0.329 e. The van der Waals surface area contributed by atoms with Gasteiger partial charge in [0.2, 0.25) is 5.91 Å². The monoisotopic (exact) mass is 443 g/mol. The Hall–Kier alpha value is -4.46. The molecule has 0 saturated heterocycles. The van der Waals surface area contributed by atoms with Gasteiger partial charge in [-0.15, -0.1) is 0 Å². The predicted octanol–water partition coefficient (Wildman–Crippen LogP) is 3.57. The maximum absolute atomic E-state index is 12.2. The van der Waals surface area contributed by atoms with Gasteiger partial charge in [-0.25, -0.2) is 5.43 Å². The van der Waals surface area contributed by atoms with E-state index >= 15 is 0 Å². The minimum Gasteiger partial charge on any atom is -0.356 e. The molecule has 0 atom stereocenters. The van der Waals surface area contributed by atoms with E-state index in [-0.39, 0.29) is 18.9 Å². The van der Waals surface area contributed by atoms with Crippen molar-refractivity contribution in [3.05, 3.63) is 90.5 Å². The Morgan fingerprint density at radius 2 is 1.30 bits per heavy atom. The molecule has 0 spiro atoms. The average molecular weight is 444 g/mol. The number of anilines is 3. The van der Waals surface area contributed by atoms with Gasteiger partial charge in [0, 0.05) is 29.3 Å². The zero-order valence-corrected chi connectivity index (χ0v) is 18.2. The molecule has 168 valence electrons. The molecule has 8 heteroatoms. The molecule has 33 heavy (non-hydrogen) atoms. The molecule has 0 fully saturated rings. The summed E-state index contributed by atoms with van der Waals surface area (Å²) in [5, 5.41) is 12.4. The van der Waals surface area contributed by atoms with Crippen molar-refractivity contribution in [3.63, 3.8) is 0 Å². The van der Waals surface area contributed by atoms with Crippen molar-refractivity contribution in [3.8, 4) is 0 Å². The van der Waals surface area contributed by atoms with Crippen LogP contribution in [0.5, 0.6) is 0 Å². The molecule has 0 aliphatic rings. The summed E-state index contributed by atoms with van der Waals surface area (Å²) in [6.45, 7) is 1.83. The number of hydrazone groups is 1. The molecule has 0 bridgehead atoms. The van der Waals surface area contributed by atoms with Gasteiger partial charge in [-0.3, -0.25) is 14.4 Å². The molecule has 8 nitrogen and oxygen atoms in total. The van der Waals surface area contributed by atoms with Crippen molar-refractivity contribution in [2.75, 3.05) is 10.6 Å². The highest BCUT2D eigenvalue weighted by molar-refractivity contribution is 6.35. The van der Waals surface area contributed by atoms with Gasteiger partial charge < -0.3 is 16.0 Å². The second-order valence-corrected chi connectivity index (χ2v) is 7.25. The molecule has 0 aliphatic carbocycles. The molecule has 3 aromatic carbocycles. The molecule has 0 aromatic heterocycles. The zero-order valence-electron chi connectivity index (χ0n) is 18.2. The van der Waals surface area contributed by atoms with Crippen LogP contribution in [0.15, 0.2) is 90.0 Å². The first-order chi connectivity index (χ1) is 16.0. The highest BCUT2D eigenvalue weighted by atomic mass is 16.2. The van der Waals surface area contributed by atoms with Crippen LogP contribution in [-0.4, -0.2) is 23.4 Å².